The van der Waals surface area contributed by atoms with E-state index in [4.69, 9.17) is 9.31 Å². The second kappa shape index (κ2) is 5.43. The molecule has 6 nitrogen and oxygen atoms in total. The number of rotatable bonds is 3. The standard InChI is InChI=1S/C19H18BFN2O4S/c1-12-4-6-14(7-5-12)28(24,25)23-10-16(15-8-13(21)9-22-17(15)23)20-26-18(2)11-19(18,3)27-20/h4-10H,11H2,1-3H3. The van der Waals surface area contributed by atoms with E-state index >= 15 is 0 Å². The van der Waals surface area contributed by atoms with Gasteiger partial charge in [0, 0.05) is 23.5 Å². The van der Waals surface area contributed by atoms with Crippen LogP contribution in [-0.4, -0.2) is 35.7 Å². The van der Waals surface area contributed by atoms with Crippen molar-refractivity contribution in [3.8, 4) is 0 Å². The van der Waals surface area contributed by atoms with Crippen molar-refractivity contribution in [1.29, 1.82) is 0 Å². The van der Waals surface area contributed by atoms with Gasteiger partial charge in [0.15, 0.2) is 5.65 Å². The topological polar surface area (TPSA) is 70.4 Å². The van der Waals surface area contributed by atoms with Crippen molar-refractivity contribution in [2.45, 2.75) is 43.3 Å². The summed E-state index contributed by atoms with van der Waals surface area (Å²) in [5.41, 5.74) is 0.712. The highest BCUT2D eigenvalue weighted by atomic mass is 32.2. The van der Waals surface area contributed by atoms with Crippen LogP contribution in [0.15, 0.2) is 47.6 Å². The second-order valence-electron chi connectivity index (χ2n) is 7.93. The fraction of sp³-hybridized carbons (Fsp3) is 0.316. The molecule has 2 atom stereocenters. The summed E-state index contributed by atoms with van der Waals surface area (Å²) >= 11 is 0. The van der Waals surface area contributed by atoms with Crippen molar-refractivity contribution in [3.05, 3.63) is 54.1 Å². The maximum absolute atomic E-state index is 13.9. The number of benzene rings is 1. The third-order valence-electron chi connectivity index (χ3n) is 5.84. The Labute approximate surface area is 162 Å². The van der Waals surface area contributed by atoms with Crippen molar-refractivity contribution in [1.82, 2.24) is 8.96 Å². The predicted octanol–water partition coefficient (Wildman–Crippen LogP) is 2.38. The molecule has 1 saturated heterocycles. The summed E-state index contributed by atoms with van der Waals surface area (Å²) in [4.78, 5) is 4.17. The van der Waals surface area contributed by atoms with Crippen molar-refractivity contribution in [2.75, 3.05) is 0 Å². The molecule has 0 spiro atoms. The minimum atomic E-state index is -3.92. The van der Waals surface area contributed by atoms with Crippen LogP contribution in [-0.2, 0) is 19.3 Å². The summed E-state index contributed by atoms with van der Waals surface area (Å²) in [5.74, 6) is -0.556. The number of nitrogens with zero attached hydrogens (tertiary/aromatic N) is 2. The third-order valence-corrected chi connectivity index (χ3v) is 7.51. The zero-order chi connectivity index (χ0) is 19.9. The Balaban J connectivity index is 1.68. The summed E-state index contributed by atoms with van der Waals surface area (Å²) < 4.78 is 53.5. The zero-order valence-corrected chi connectivity index (χ0v) is 16.5. The SMILES string of the molecule is Cc1ccc(S(=O)(=O)n2cc(B3OC4(C)CC4(C)O3)c3cc(F)cnc32)cc1. The van der Waals surface area contributed by atoms with Gasteiger partial charge in [-0.1, -0.05) is 17.7 Å². The molecule has 0 amide bonds. The number of hydrogen-bond donors (Lipinski definition) is 0. The van der Waals surface area contributed by atoms with E-state index in [1.54, 1.807) is 24.3 Å². The van der Waals surface area contributed by atoms with Gasteiger partial charge in [0.2, 0.25) is 0 Å². The molecule has 1 saturated carbocycles. The van der Waals surface area contributed by atoms with Gasteiger partial charge in [-0.3, -0.25) is 0 Å². The van der Waals surface area contributed by atoms with Crippen molar-refractivity contribution < 1.29 is 22.1 Å². The first-order valence-corrected chi connectivity index (χ1v) is 10.4. The first kappa shape index (κ1) is 17.8. The normalized spacial score (nSPS) is 26.6. The number of hydrogen-bond acceptors (Lipinski definition) is 5. The van der Waals surface area contributed by atoms with E-state index in [9.17, 15) is 12.8 Å². The van der Waals surface area contributed by atoms with Crippen LogP contribution >= 0.6 is 0 Å². The summed E-state index contributed by atoms with van der Waals surface area (Å²) in [5, 5.41) is 0.356. The molecule has 1 aliphatic heterocycles. The fourth-order valence-corrected chi connectivity index (χ4v) is 5.16. The van der Waals surface area contributed by atoms with E-state index in [0.29, 0.717) is 10.8 Å². The largest absolute Gasteiger partial charge is 0.497 e. The van der Waals surface area contributed by atoms with Gasteiger partial charge in [-0.15, -0.1) is 0 Å². The number of pyridine rings is 1. The average molecular weight is 400 g/mol. The zero-order valence-electron chi connectivity index (χ0n) is 15.6. The summed E-state index contributed by atoms with van der Waals surface area (Å²) in [7, 11) is -4.69. The van der Waals surface area contributed by atoms with Crippen LogP contribution in [0.2, 0.25) is 0 Å². The molecule has 3 aromatic rings. The van der Waals surface area contributed by atoms with Gasteiger partial charge in [-0.25, -0.2) is 21.8 Å². The van der Waals surface area contributed by atoms with E-state index in [1.165, 1.54) is 12.3 Å². The van der Waals surface area contributed by atoms with E-state index in [1.807, 2.05) is 20.8 Å². The Kier molecular flexibility index (Phi) is 3.46. The Morgan fingerprint density at radius 3 is 2.46 bits per heavy atom. The third kappa shape index (κ3) is 2.39. The van der Waals surface area contributed by atoms with E-state index in [-0.39, 0.29) is 10.5 Å². The minimum absolute atomic E-state index is 0.128. The highest BCUT2D eigenvalue weighted by Crippen LogP contribution is 2.58. The Morgan fingerprint density at radius 2 is 1.82 bits per heavy atom. The van der Waals surface area contributed by atoms with Gasteiger partial charge >= 0.3 is 7.12 Å². The average Bonchev–Trinajstić information content (AvgIpc) is 2.91. The predicted molar refractivity (Wildman–Crippen MR) is 102 cm³/mol. The molecule has 1 aromatic carbocycles. The molecular weight excluding hydrogens is 382 g/mol. The number of aromatic nitrogens is 2. The van der Waals surface area contributed by atoms with Crippen LogP contribution in [0.1, 0.15) is 25.8 Å². The molecule has 2 unspecified atom stereocenters. The Bertz CT molecular complexity index is 1210. The quantitative estimate of drug-likeness (QED) is 0.632. The second-order valence-corrected chi connectivity index (χ2v) is 9.74. The Morgan fingerprint density at radius 1 is 1.18 bits per heavy atom. The number of halogens is 1. The van der Waals surface area contributed by atoms with Crippen molar-refractivity contribution >= 4 is 33.6 Å². The van der Waals surface area contributed by atoms with Crippen LogP contribution in [0.3, 0.4) is 0 Å². The molecule has 0 radical (unpaired) electrons. The first-order chi connectivity index (χ1) is 13.1. The lowest BCUT2D eigenvalue weighted by Gasteiger charge is -2.09. The molecule has 144 valence electrons. The lowest BCUT2D eigenvalue weighted by atomic mass is 9.79. The van der Waals surface area contributed by atoms with Crippen LogP contribution in [0.5, 0.6) is 0 Å². The van der Waals surface area contributed by atoms with Crippen LogP contribution in [0, 0.1) is 12.7 Å². The molecule has 9 heteroatoms. The van der Waals surface area contributed by atoms with E-state index in [0.717, 1.165) is 22.2 Å². The maximum atomic E-state index is 13.9. The lowest BCUT2D eigenvalue weighted by Crippen LogP contribution is -2.35. The molecule has 2 aliphatic rings. The molecule has 28 heavy (non-hydrogen) atoms. The van der Waals surface area contributed by atoms with Gasteiger partial charge < -0.3 is 9.31 Å². The minimum Gasteiger partial charge on any atom is -0.399 e. The monoisotopic (exact) mass is 400 g/mol. The maximum Gasteiger partial charge on any atom is 0.497 e. The van der Waals surface area contributed by atoms with Gasteiger partial charge in [-0.05, 0) is 39.0 Å². The molecular formula is C19H18BFN2O4S. The molecule has 5 rings (SSSR count). The number of fused-ring (bicyclic) bond motifs is 2. The van der Waals surface area contributed by atoms with Crippen molar-refractivity contribution in [3.63, 3.8) is 0 Å². The van der Waals surface area contributed by atoms with Crippen LogP contribution < -0.4 is 5.46 Å². The summed E-state index contributed by atoms with van der Waals surface area (Å²) in [6, 6.07) is 7.80. The van der Waals surface area contributed by atoms with E-state index < -0.39 is 34.2 Å². The van der Waals surface area contributed by atoms with Crippen molar-refractivity contribution in [2.24, 2.45) is 0 Å². The fourth-order valence-electron chi connectivity index (χ4n) is 3.83. The van der Waals surface area contributed by atoms with E-state index in [2.05, 4.69) is 4.98 Å². The van der Waals surface area contributed by atoms with Gasteiger partial charge in [0.25, 0.3) is 10.0 Å². The lowest BCUT2D eigenvalue weighted by molar-refractivity contribution is 0.187. The van der Waals surface area contributed by atoms with Crippen LogP contribution in [0.4, 0.5) is 4.39 Å². The van der Waals surface area contributed by atoms with Gasteiger partial charge in [0.05, 0.1) is 22.3 Å². The molecule has 0 bridgehead atoms. The summed E-state index contributed by atoms with van der Waals surface area (Å²) in [6.45, 7) is 5.78. The number of aryl methyl sites for hydroxylation is 1. The van der Waals surface area contributed by atoms with Crippen LogP contribution in [0.25, 0.3) is 11.0 Å². The highest BCUT2D eigenvalue weighted by molar-refractivity contribution is 7.90. The first-order valence-electron chi connectivity index (χ1n) is 8.97. The Hall–Kier alpha value is -2.23. The van der Waals surface area contributed by atoms with Gasteiger partial charge in [0.1, 0.15) is 5.82 Å². The summed E-state index contributed by atoms with van der Waals surface area (Å²) in [6.07, 6.45) is 3.20. The molecule has 0 N–H and O–H groups in total. The molecule has 1 aliphatic carbocycles. The molecule has 2 aromatic heterocycles. The van der Waals surface area contributed by atoms with Gasteiger partial charge in [-0.2, -0.15) is 0 Å². The smallest absolute Gasteiger partial charge is 0.399 e. The molecule has 2 fully saturated rings. The highest BCUT2D eigenvalue weighted by Gasteiger charge is 2.71. The molecule has 3 heterocycles.